The number of hydrogen-bond donors (Lipinski definition) is 26. The number of amides is 7. The number of H-pyrrole nitrogens is 1. The Balaban J connectivity index is 1.84. The third-order valence-corrected chi connectivity index (χ3v) is 12.7. The van der Waals surface area contributed by atoms with Crippen molar-refractivity contribution >= 4 is 94.7 Å². The van der Waals surface area contributed by atoms with Gasteiger partial charge in [0.15, 0.2) is 11.2 Å². The fraction of sp³-hybridized carbons (Fsp3) is 0.532. The van der Waals surface area contributed by atoms with Crippen LogP contribution in [0.25, 0.3) is 11.2 Å². The van der Waals surface area contributed by atoms with Gasteiger partial charge in [-0.3, -0.25) is 52.9 Å². The first-order valence-electron chi connectivity index (χ1n) is 25.6. The molecule has 0 unspecified atom stereocenters. The normalized spacial score (nSPS) is 16.6. The molecule has 0 bridgehead atoms. The van der Waals surface area contributed by atoms with Gasteiger partial charge in [0.1, 0.15) is 91.2 Å². The number of aromatic amines is 1. The number of rotatable bonds is 37. The lowest BCUT2D eigenvalue weighted by atomic mass is 9.98. The fourth-order valence-corrected chi connectivity index (χ4v) is 7.80. The minimum absolute atomic E-state index is 0.0342. The Kier molecular flexibility index (Phi) is 29.0. The number of carboxylic acid groups (broad SMARTS) is 3. The van der Waals surface area contributed by atoms with E-state index in [0.717, 1.165) is 0 Å². The van der Waals surface area contributed by atoms with Gasteiger partial charge in [0.05, 0.1) is 51.1 Å². The van der Waals surface area contributed by atoms with Gasteiger partial charge in [-0.2, -0.15) is 17.6 Å². The van der Waals surface area contributed by atoms with Crippen molar-refractivity contribution in [3.8, 4) is 0 Å². The second kappa shape index (κ2) is 34.7. The largest absolute Gasteiger partial charge is 0.481 e. The van der Waals surface area contributed by atoms with Crippen LogP contribution < -0.4 is 53.8 Å². The summed E-state index contributed by atoms with van der Waals surface area (Å²) in [5.41, 5.74) is 5.93. The standard InChI is InChI=1S/C47H67N13O26S/c48-47-59-38-31(45(84)60-47)52-18(11-51-38)10-50-17-5-3-16(4-6-17)39(78)49-7-1-2-25(67)56-28(35(75)32(72)22(64)12-61)42(81)53-19(8-26(68)69)40(79)57-29(36(76)33(73)23(65)13-62)43(82)54-20(9-27(70)71)41(80)58-30(37(77)34(74)24(66)14-63)44(83)55-21(15-87)46(85)86/h3-6,11,19-24,28-30,32-37,50,61-66,72-77,87H,1-2,7-10,12-15H2,(H,49,78)(H,53,81)(H,54,82)(H,55,83)(H,56,67)(H,57,79)(H,58,80)(H,68,69)(H,70,71)(H,85,86)(H3,48,51,59,60,84)/t19-,20-,21+,22+,23+,24+,28-,29-,30-,32+,33+,34+,35+,36+,37+/m0/s1. The van der Waals surface area contributed by atoms with Crippen LogP contribution in [0.4, 0.5) is 11.6 Å². The number of nitrogens with one attached hydrogen (secondary N) is 9. The number of fused-ring (bicyclic) bond motifs is 1. The lowest BCUT2D eigenvalue weighted by molar-refractivity contribution is -0.147. The van der Waals surface area contributed by atoms with Gasteiger partial charge >= 0.3 is 17.9 Å². The van der Waals surface area contributed by atoms with E-state index in [1.54, 1.807) is 26.6 Å². The van der Waals surface area contributed by atoms with Crippen molar-refractivity contribution in [2.24, 2.45) is 0 Å². The third kappa shape index (κ3) is 21.8. The van der Waals surface area contributed by atoms with E-state index >= 15 is 0 Å². The second-order valence-electron chi connectivity index (χ2n) is 18.9. The summed E-state index contributed by atoms with van der Waals surface area (Å²) < 4.78 is 0. The van der Waals surface area contributed by atoms with Crippen molar-refractivity contribution < 1.29 is 125 Å². The molecule has 1 aromatic carbocycles. The highest BCUT2D eigenvalue weighted by atomic mass is 32.1. The van der Waals surface area contributed by atoms with E-state index in [1.807, 2.05) is 5.32 Å². The van der Waals surface area contributed by atoms with Crippen LogP contribution in [0.15, 0.2) is 35.3 Å². The van der Waals surface area contributed by atoms with Gasteiger partial charge in [0.2, 0.25) is 41.4 Å². The first-order valence-corrected chi connectivity index (χ1v) is 26.2. The summed E-state index contributed by atoms with van der Waals surface area (Å²) in [6, 6.07) is -9.00. The van der Waals surface area contributed by atoms with Crippen LogP contribution in [0.5, 0.6) is 0 Å². The number of nitrogens with two attached hydrogens (primary N) is 1. The molecule has 40 heteroatoms. The molecule has 0 saturated heterocycles. The molecule has 3 rings (SSSR count). The van der Waals surface area contributed by atoms with Crippen LogP contribution in [0, 0.1) is 0 Å². The number of hydrogen-bond acceptors (Lipinski definition) is 29. The smallest absolute Gasteiger partial charge is 0.327 e. The Hall–Kier alpha value is -8.39. The first-order chi connectivity index (χ1) is 40.9. The van der Waals surface area contributed by atoms with Crippen LogP contribution in [0.3, 0.4) is 0 Å². The second-order valence-corrected chi connectivity index (χ2v) is 19.3. The summed E-state index contributed by atoms with van der Waals surface area (Å²) in [6.07, 6.45) is -25.3. The van der Waals surface area contributed by atoms with Crippen molar-refractivity contribution in [1.82, 2.24) is 57.2 Å². The molecule has 26 N–H and O–H groups in total. The Morgan fingerprint density at radius 2 is 1.01 bits per heavy atom. The highest BCUT2D eigenvalue weighted by Gasteiger charge is 2.44. The van der Waals surface area contributed by atoms with E-state index in [4.69, 9.17) is 5.73 Å². The van der Waals surface area contributed by atoms with Crippen LogP contribution in [-0.2, 0) is 49.7 Å². The zero-order valence-electron chi connectivity index (χ0n) is 45.2. The van der Waals surface area contributed by atoms with Crippen molar-refractivity contribution in [3.05, 3.63) is 52.1 Å². The SMILES string of the molecule is Nc1nc2ncc(CNc3ccc(C(=O)NCCCC(=O)N[C@H](C(=O)N[C@@H](CC(=O)O)C(=O)N[C@H](C(=O)N[C@@H](CC(=O)O)C(=O)N[C@H](C(=O)N[C@H](CS)C(=O)O)[C@@H](O)[C@H](O)[C@H](O)CO)[C@@H](O)[C@H](O)[C@H](O)CO)[C@@H](O)[C@H](O)[C@H](O)CO)cc3)nc2c(=O)[nH]1. The average Bonchev–Trinajstić information content (AvgIpc) is 3.39. The minimum atomic E-state index is -2.88. The molecule has 3 aromatic rings. The van der Waals surface area contributed by atoms with Crippen LogP contribution in [-0.4, -0.2) is 279 Å². The van der Waals surface area contributed by atoms with E-state index in [1.165, 1.54) is 30.5 Å². The number of thiol groups is 1. The number of nitrogens with zero attached hydrogens (tertiary/aromatic N) is 3. The number of nitrogen functional groups attached to an aromatic ring is 1. The number of carbonyl (C=O) groups is 10. The lowest BCUT2D eigenvalue weighted by Gasteiger charge is -2.33. The number of aliphatic carboxylic acids is 3. The molecule has 39 nitrogen and oxygen atoms in total. The predicted molar refractivity (Wildman–Crippen MR) is 291 cm³/mol. The highest BCUT2D eigenvalue weighted by molar-refractivity contribution is 7.80. The molecule has 2 heterocycles. The molecule has 0 fully saturated rings. The Bertz CT molecular complexity index is 2950. The van der Waals surface area contributed by atoms with Gasteiger partial charge in [-0.05, 0) is 30.7 Å². The van der Waals surface area contributed by atoms with Crippen molar-refractivity contribution in [2.45, 2.75) is 123 Å². The summed E-state index contributed by atoms with van der Waals surface area (Å²) in [4.78, 5) is 157. The minimum Gasteiger partial charge on any atom is -0.481 e. The van der Waals surface area contributed by atoms with E-state index in [-0.39, 0.29) is 42.2 Å². The summed E-state index contributed by atoms with van der Waals surface area (Å²) >= 11 is 3.75. The maximum Gasteiger partial charge on any atom is 0.327 e. The Morgan fingerprint density at radius 3 is 1.43 bits per heavy atom. The van der Waals surface area contributed by atoms with Crippen LogP contribution in [0.1, 0.15) is 41.7 Å². The quantitative estimate of drug-likeness (QED) is 0.0188. The number of carboxylic acids is 3. The molecule has 0 aliphatic carbocycles. The fourth-order valence-electron chi connectivity index (χ4n) is 7.55. The molecule has 87 heavy (non-hydrogen) atoms. The highest BCUT2D eigenvalue weighted by Crippen LogP contribution is 2.15. The number of carbonyl (C=O) groups excluding carboxylic acids is 7. The summed E-state index contributed by atoms with van der Waals surface area (Å²) in [5.74, 6) is -17.3. The topological polar surface area (TPSA) is 668 Å². The number of benzene rings is 1. The van der Waals surface area contributed by atoms with Gasteiger partial charge in [0, 0.05) is 30.0 Å². The van der Waals surface area contributed by atoms with Gasteiger partial charge in [0.25, 0.3) is 11.5 Å². The third-order valence-electron chi connectivity index (χ3n) is 12.4. The maximum atomic E-state index is 14.0. The molecule has 482 valence electrons. The van der Waals surface area contributed by atoms with E-state index in [0.29, 0.717) is 11.4 Å². The zero-order valence-corrected chi connectivity index (χ0v) is 46.1. The number of aliphatic hydroxyl groups excluding tert-OH is 12. The molecule has 2 aromatic heterocycles. The van der Waals surface area contributed by atoms with Crippen LogP contribution in [0.2, 0.25) is 0 Å². The molecule has 7 amide bonds. The molecule has 0 aliphatic heterocycles. The molecular weight excluding hydrogens is 1190 g/mol. The number of anilines is 2. The summed E-state index contributed by atoms with van der Waals surface area (Å²) in [7, 11) is 0. The average molecular weight is 1260 g/mol. The van der Waals surface area contributed by atoms with E-state index in [9.17, 15) is 129 Å². The van der Waals surface area contributed by atoms with Crippen LogP contribution >= 0.6 is 12.6 Å². The molecule has 0 saturated carbocycles. The van der Waals surface area contributed by atoms with Crippen molar-refractivity contribution in [2.75, 3.05) is 43.2 Å². The van der Waals surface area contributed by atoms with E-state index < -0.39 is 201 Å². The van der Waals surface area contributed by atoms with Crippen molar-refractivity contribution in [3.63, 3.8) is 0 Å². The van der Waals surface area contributed by atoms with Crippen molar-refractivity contribution in [1.29, 1.82) is 0 Å². The zero-order chi connectivity index (χ0) is 65.6. The molecular formula is C47H67N13O26S. The van der Waals surface area contributed by atoms with Gasteiger partial charge < -0.3 is 125 Å². The predicted octanol–water partition coefficient (Wildman–Crippen LogP) is -12.5. The lowest BCUT2D eigenvalue weighted by Crippen LogP contribution is -2.66. The van der Waals surface area contributed by atoms with Gasteiger partial charge in [-0.25, -0.2) is 14.8 Å². The summed E-state index contributed by atoms with van der Waals surface area (Å²) in [6.45, 7) is -4.06. The first kappa shape index (κ1) is 72.9. The number of aliphatic hydroxyl groups is 12. The maximum absolute atomic E-state index is 14.0. The van der Waals surface area contributed by atoms with Gasteiger partial charge in [-0.1, -0.05) is 0 Å². The van der Waals surface area contributed by atoms with Gasteiger partial charge in [-0.15, -0.1) is 0 Å². The molecule has 0 aliphatic rings. The molecule has 15 atom stereocenters. The molecule has 0 radical (unpaired) electrons. The Labute approximate surface area is 493 Å². The summed E-state index contributed by atoms with van der Waals surface area (Å²) in [5, 5.41) is 168. The van der Waals surface area contributed by atoms with E-state index in [2.05, 4.69) is 43.2 Å². The monoisotopic (exact) mass is 1260 g/mol. The molecule has 0 spiro atoms. The number of aromatic nitrogens is 4. The Morgan fingerprint density at radius 1 is 0.575 bits per heavy atom.